The number of aryl methyl sites for hydroxylation is 2. The highest BCUT2D eigenvalue weighted by atomic mass is 32.2. The van der Waals surface area contributed by atoms with Gasteiger partial charge in [-0.05, 0) is 61.6 Å². The van der Waals surface area contributed by atoms with E-state index in [0.717, 1.165) is 44.4 Å². The fraction of sp³-hybridized carbons (Fsp3) is 0.406. The van der Waals surface area contributed by atoms with Crippen LogP contribution in [0.1, 0.15) is 54.0 Å². The molecule has 1 amide bonds. The lowest BCUT2D eigenvalue weighted by molar-refractivity contribution is -0.118. The molecule has 5 rings (SSSR count). The Morgan fingerprint density at radius 2 is 1.89 bits per heavy atom. The molecule has 0 aliphatic carbocycles. The predicted octanol–water partition coefficient (Wildman–Crippen LogP) is 4.62. The molecule has 240 valence electrons. The molecule has 10 nitrogen and oxygen atoms in total. The van der Waals surface area contributed by atoms with E-state index >= 15 is 4.39 Å². The van der Waals surface area contributed by atoms with Gasteiger partial charge >= 0.3 is 0 Å². The number of carbonyl (C=O) groups excluding carboxylic acids is 1. The van der Waals surface area contributed by atoms with Gasteiger partial charge in [0.15, 0.2) is 21.5 Å². The zero-order valence-electron chi connectivity index (χ0n) is 25.6. The Morgan fingerprint density at radius 1 is 1.13 bits per heavy atom. The molecular weight excluding hydrogens is 602 g/mol. The van der Waals surface area contributed by atoms with E-state index in [1.54, 1.807) is 48.3 Å². The van der Waals surface area contributed by atoms with E-state index in [2.05, 4.69) is 9.97 Å². The summed E-state index contributed by atoms with van der Waals surface area (Å²) in [5.74, 6) is -1.78. The summed E-state index contributed by atoms with van der Waals surface area (Å²) in [6.45, 7) is 3.30. The second-order valence-electron chi connectivity index (χ2n) is 11.7. The van der Waals surface area contributed by atoms with Gasteiger partial charge in [0, 0.05) is 61.4 Å². The van der Waals surface area contributed by atoms with Gasteiger partial charge in [-0.3, -0.25) is 9.59 Å². The maximum absolute atomic E-state index is 15.2. The molecule has 4 aromatic rings. The maximum atomic E-state index is 15.2. The van der Waals surface area contributed by atoms with Crippen molar-refractivity contribution in [3.63, 3.8) is 0 Å². The molecule has 1 aliphatic heterocycles. The third kappa shape index (κ3) is 6.50. The average molecular weight is 641 g/mol. The monoisotopic (exact) mass is 640 g/mol. The smallest absolute Gasteiger partial charge is 0.274 e. The van der Waals surface area contributed by atoms with Crippen LogP contribution in [0.2, 0.25) is 0 Å². The van der Waals surface area contributed by atoms with Gasteiger partial charge < -0.3 is 25.1 Å². The van der Waals surface area contributed by atoms with E-state index in [1.165, 1.54) is 10.8 Å². The van der Waals surface area contributed by atoms with Crippen LogP contribution in [0.4, 0.5) is 20.3 Å². The second-order valence-corrected chi connectivity index (χ2v) is 14.0. The van der Waals surface area contributed by atoms with E-state index < -0.39 is 26.7 Å². The van der Waals surface area contributed by atoms with Crippen molar-refractivity contribution in [1.82, 2.24) is 19.4 Å². The minimum Gasteiger partial charge on any atom is -0.356 e. The molecular formula is C32H38F2N6O4S. The standard InChI is InChI=1S/C32H38F2N6O4S/c1-20-12-27-24(14-23(20)28(45(3,43)44)8-11-39(19-41)10-7-5-4-6-9-35)25-18-38(2)32(42)30-29(25)21(15-36-30)17-40(27)31-26(34)13-22(33)16-37-31/h12-16,18-19,28,36H,4-11,17,35H2,1-3H3. The highest BCUT2D eigenvalue weighted by Crippen LogP contribution is 2.46. The van der Waals surface area contributed by atoms with Gasteiger partial charge in [0.05, 0.1) is 23.7 Å². The summed E-state index contributed by atoms with van der Waals surface area (Å²) in [4.78, 5) is 35.2. The summed E-state index contributed by atoms with van der Waals surface area (Å²) in [5, 5.41) is -0.301. The number of nitrogens with one attached hydrogen (secondary N) is 1. The van der Waals surface area contributed by atoms with Crippen LogP contribution >= 0.6 is 0 Å². The summed E-state index contributed by atoms with van der Waals surface area (Å²) in [6, 6.07) is 4.33. The van der Waals surface area contributed by atoms with Crippen LogP contribution < -0.4 is 16.2 Å². The van der Waals surface area contributed by atoms with Crippen LogP contribution in [0.3, 0.4) is 0 Å². The molecule has 4 heterocycles. The number of rotatable bonds is 13. The molecule has 0 spiro atoms. The number of halogens is 2. The molecule has 1 unspecified atom stereocenters. The van der Waals surface area contributed by atoms with Crippen molar-refractivity contribution in [3.05, 3.63) is 75.5 Å². The maximum Gasteiger partial charge on any atom is 0.274 e. The number of sulfone groups is 1. The first-order chi connectivity index (χ1) is 21.4. The summed E-state index contributed by atoms with van der Waals surface area (Å²) < 4.78 is 57.1. The van der Waals surface area contributed by atoms with E-state index in [4.69, 9.17) is 5.73 Å². The lowest BCUT2D eigenvalue weighted by atomic mass is 9.94. The summed E-state index contributed by atoms with van der Waals surface area (Å²) in [6.07, 6.45) is 10.0. The first-order valence-electron chi connectivity index (χ1n) is 15.0. The number of nitrogens with zero attached hydrogens (tertiary/aromatic N) is 4. The molecule has 3 N–H and O–H groups in total. The van der Waals surface area contributed by atoms with E-state index in [0.29, 0.717) is 57.5 Å². The van der Waals surface area contributed by atoms with Gasteiger partial charge in [-0.2, -0.15) is 0 Å². The minimum absolute atomic E-state index is 0.105. The van der Waals surface area contributed by atoms with Crippen molar-refractivity contribution in [2.24, 2.45) is 12.8 Å². The fourth-order valence-corrected chi connectivity index (χ4v) is 7.47. The largest absolute Gasteiger partial charge is 0.356 e. The third-order valence-corrected chi connectivity index (χ3v) is 10.0. The van der Waals surface area contributed by atoms with Gasteiger partial charge in [-0.15, -0.1) is 0 Å². The Labute approximate surface area is 260 Å². The number of fused-ring (bicyclic) bond motifs is 2. The number of H-pyrrole nitrogens is 1. The van der Waals surface area contributed by atoms with Crippen molar-refractivity contribution < 1.29 is 22.0 Å². The molecule has 0 radical (unpaired) electrons. The number of nitrogens with two attached hydrogens (primary N) is 1. The fourth-order valence-electron chi connectivity index (χ4n) is 6.22. The van der Waals surface area contributed by atoms with Crippen molar-refractivity contribution in [2.45, 2.75) is 50.8 Å². The molecule has 0 saturated heterocycles. The highest BCUT2D eigenvalue weighted by molar-refractivity contribution is 7.90. The lowest BCUT2D eigenvalue weighted by Crippen LogP contribution is -2.27. The molecule has 45 heavy (non-hydrogen) atoms. The number of hydrogen-bond donors (Lipinski definition) is 2. The number of hydrogen-bond acceptors (Lipinski definition) is 7. The van der Waals surface area contributed by atoms with E-state index in [-0.39, 0.29) is 30.9 Å². The zero-order valence-corrected chi connectivity index (χ0v) is 26.5. The van der Waals surface area contributed by atoms with Crippen LogP contribution in [0.15, 0.2) is 41.6 Å². The third-order valence-electron chi connectivity index (χ3n) is 8.52. The Balaban J connectivity index is 1.62. The SMILES string of the molecule is Cc1cc2c(cc1C(CCN(C=O)CCCCCCN)S(C)(=O)=O)-c1cn(C)c(=O)c3[nH]cc(c13)CN2c1ncc(F)cc1F. The molecule has 3 aromatic heterocycles. The second kappa shape index (κ2) is 13.1. The van der Waals surface area contributed by atoms with Gasteiger partial charge in [0.1, 0.15) is 11.3 Å². The molecule has 1 aromatic carbocycles. The zero-order chi connectivity index (χ0) is 32.5. The predicted molar refractivity (Wildman–Crippen MR) is 171 cm³/mol. The van der Waals surface area contributed by atoms with Crippen LogP contribution in [-0.2, 0) is 28.2 Å². The molecule has 1 atom stereocenters. The molecule has 0 bridgehead atoms. The summed E-state index contributed by atoms with van der Waals surface area (Å²) in [5.41, 5.74) is 9.32. The van der Waals surface area contributed by atoms with Gasteiger partial charge in [-0.1, -0.05) is 12.8 Å². The molecule has 0 saturated carbocycles. The van der Waals surface area contributed by atoms with Crippen LogP contribution in [0.25, 0.3) is 22.0 Å². The van der Waals surface area contributed by atoms with Crippen LogP contribution in [0, 0.1) is 18.6 Å². The Kier molecular flexibility index (Phi) is 9.40. The highest BCUT2D eigenvalue weighted by Gasteiger charge is 2.31. The quantitative estimate of drug-likeness (QED) is 0.161. The van der Waals surface area contributed by atoms with Gasteiger partial charge in [0.2, 0.25) is 6.41 Å². The molecule has 1 aliphatic rings. The number of amides is 1. The first kappa shape index (κ1) is 32.3. The topological polar surface area (TPSA) is 134 Å². The van der Waals surface area contributed by atoms with Crippen molar-refractivity contribution in [1.29, 1.82) is 0 Å². The molecule has 13 heteroatoms. The van der Waals surface area contributed by atoms with Gasteiger partial charge in [-0.25, -0.2) is 22.2 Å². The number of unbranched alkanes of at least 4 members (excludes halogenated alkanes) is 3. The minimum atomic E-state index is -3.65. The number of carbonyl (C=O) groups is 1. The first-order valence-corrected chi connectivity index (χ1v) is 16.9. The lowest BCUT2D eigenvalue weighted by Gasteiger charge is -2.28. The number of aromatic nitrogens is 3. The Hall–Kier alpha value is -4.10. The van der Waals surface area contributed by atoms with Crippen molar-refractivity contribution in [2.75, 3.05) is 30.8 Å². The van der Waals surface area contributed by atoms with Crippen molar-refractivity contribution >= 4 is 38.7 Å². The summed E-state index contributed by atoms with van der Waals surface area (Å²) >= 11 is 0. The van der Waals surface area contributed by atoms with Crippen LogP contribution in [-0.4, -0.2) is 60.2 Å². The number of aromatic amines is 1. The van der Waals surface area contributed by atoms with Crippen LogP contribution in [0.5, 0.6) is 0 Å². The number of anilines is 2. The van der Waals surface area contributed by atoms with E-state index in [9.17, 15) is 22.4 Å². The molecule has 0 fully saturated rings. The van der Waals surface area contributed by atoms with E-state index in [1.807, 2.05) is 0 Å². The Bertz CT molecular complexity index is 1910. The van der Waals surface area contributed by atoms with Gasteiger partial charge in [0.25, 0.3) is 5.56 Å². The van der Waals surface area contributed by atoms with Crippen molar-refractivity contribution in [3.8, 4) is 11.1 Å². The Morgan fingerprint density at radius 3 is 2.58 bits per heavy atom. The summed E-state index contributed by atoms with van der Waals surface area (Å²) in [7, 11) is -2.03. The number of benzene rings is 1. The average Bonchev–Trinajstić information content (AvgIpc) is 3.36. The number of pyridine rings is 2. The normalized spacial score (nSPS) is 13.5.